The van der Waals surface area contributed by atoms with Gasteiger partial charge < -0.3 is 4.90 Å². The average molecular weight is 225 g/mol. The van der Waals surface area contributed by atoms with Crippen molar-refractivity contribution in [3.8, 4) is 6.07 Å². The number of hydrogen-bond acceptors (Lipinski definition) is 4. The molecular weight excluding hydrogens is 216 g/mol. The molecule has 0 aromatic carbocycles. The lowest BCUT2D eigenvalue weighted by Crippen LogP contribution is -2.28. The first-order valence-electron chi connectivity index (χ1n) is 4.25. The number of aromatic nitrogens is 2. The van der Waals surface area contributed by atoms with Crippen molar-refractivity contribution in [3.63, 3.8) is 0 Å². The summed E-state index contributed by atoms with van der Waals surface area (Å²) in [5, 5.41) is 8.55. The fourth-order valence-corrected chi connectivity index (χ4v) is 1.11. The Labute approximate surface area is 92.3 Å². The maximum atomic E-state index is 11.7. The molecule has 0 saturated carbocycles. The molecule has 1 aromatic heterocycles. The number of rotatable bonds is 3. The van der Waals surface area contributed by atoms with Gasteiger partial charge >= 0.3 is 0 Å². The van der Waals surface area contributed by atoms with E-state index in [0.717, 1.165) is 0 Å². The second-order valence-electron chi connectivity index (χ2n) is 2.86. The van der Waals surface area contributed by atoms with Crippen LogP contribution in [0, 0.1) is 11.3 Å². The molecule has 0 aliphatic heterocycles. The molecule has 0 aliphatic rings. The van der Waals surface area contributed by atoms with E-state index in [4.69, 9.17) is 16.9 Å². The van der Waals surface area contributed by atoms with Crippen LogP contribution in [-0.2, 0) is 0 Å². The van der Waals surface area contributed by atoms with Crippen LogP contribution in [0.3, 0.4) is 0 Å². The molecule has 0 fully saturated rings. The fraction of sp³-hybridized carbons (Fsp3) is 0.333. The SMILES string of the molecule is CN(CCC#N)C(=O)c1cncc(Cl)n1. The molecule has 78 valence electrons. The van der Waals surface area contributed by atoms with Gasteiger partial charge in [0.2, 0.25) is 0 Å². The van der Waals surface area contributed by atoms with E-state index in [0.29, 0.717) is 6.54 Å². The molecule has 0 spiro atoms. The van der Waals surface area contributed by atoms with E-state index >= 15 is 0 Å². The molecule has 6 heteroatoms. The summed E-state index contributed by atoms with van der Waals surface area (Å²) in [5.74, 6) is -0.291. The zero-order valence-electron chi connectivity index (χ0n) is 8.14. The Bertz CT molecular complexity index is 401. The zero-order chi connectivity index (χ0) is 11.3. The van der Waals surface area contributed by atoms with E-state index in [2.05, 4.69) is 9.97 Å². The van der Waals surface area contributed by atoms with Crippen LogP contribution < -0.4 is 0 Å². The standard InChI is InChI=1S/C9H9ClN4O/c1-14(4-2-3-11)9(15)7-5-12-6-8(10)13-7/h5-6H,2,4H2,1H3. The maximum Gasteiger partial charge on any atom is 0.273 e. The third-order valence-electron chi connectivity index (χ3n) is 1.73. The van der Waals surface area contributed by atoms with Gasteiger partial charge in [0, 0.05) is 13.6 Å². The Balaban J connectivity index is 2.72. The van der Waals surface area contributed by atoms with Gasteiger partial charge in [-0.3, -0.25) is 9.78 Å². The van der Waals surface area contributed by atoms with Gasteiger partial charge in [0.05, 0.1) is 24.9 Å². The van der Waals surface area contributed by atoms with Gasteiger partial charge in [0.1, 0.15) is 10.8 Å². The number of nitrogens with zero attached hydrogens (tertiary/aromatic N) is 4. The van der Waals surface area contributed by atoms with Crippen molar-refractivity contribution in [2.75, 3.05) is 13.6 Å². The van der Waals surface area contributed by atoms with Crippen LogP contribution in [0.25, 0.3) is 0 Å². The molecule has 0 N–H and O–H groups in total. The predicted molar refractivity (Wildman–Crippen MR) is 54.2 cm³/mol. The van der Waals surface area contributed by atoms with Gasteiger partial charge in [-0.1, -0.05) is 11.6 Å². The highest BCUT2D eigenvalue weighted by Crippen LogP contribution is 2.04. The van der Waals surface area contributed by atoms with Gasteiger partial charge in [-0.25, -0.2) is 4.98 Å². The Morgan fingerprint density at radius 2 is 2.40 bits per heavy atom. The summed E-state index contributed by atoms with van der Waals surface area (Å²) in [4.78, 5) is 20.7. The molecule has 0 aliphatic carbocycles. The maximum absolute atomic E-state index is 11.7. The van der Waals surface area contributed by atoms with Gasteiger partial charge in [0.25, 0.3) is 5.91 Å². The normalized spacial score (nSPS) is 9.40. The number of carbonyl (C=O) groups excluding carboxylic acids is 1. The van der Waals surface area contributed by atoms with Crippen molar-refractivity contribution in [2.24, 2.45) is 0 Å². The Morgan fingerprint density at radius 1 is 1.67 bits per heavy atom. The molecule has 0 saturated heterocycles. The Morgan fingerprint density at radius 3 is 3.00 bits per heavy atom. The molecule has 0 unspecified atom stereocenters. The van der Waals surface area contributed by atoms with Gasteiger partial charge in [-0.15, -0.1) is 0 Å². The molecule has 1 rings (SSSR count). The molecule has 5 nitrogen and oxygen atoms in total. The first-order chi connectivity index (χ1) is 7.15. The van der Waals surface area contributed by atoms with Crippen LogP contribution >= 0.6 is 11.6 Å². The second kappa shape index (κ2) is 5.27. The topological polar surface area (TPSA) is 69.9 Å². The van der Waals surface area contributed by atoms with Crippen LogP contribution in [0.1, 0.15) is 16.9 Å². The van der Waals surface area contributed by atoms with Gasteiger partial charge in [0.15, 0.2) is 0 Å². The number of halogens is 1. The largest absolute Gasteiger partial charge is 0.339 e. The Kier molecular flexibility index (Phi) is 4.01. The van der Waals surface area contributed by atoms with Crippen LogP contribution in [0.5, 0.6) is 0 Å². The van der Waals surface area contributed by atoms with Gasteiger partial charge in [-0.05, 0) is 0 Å². The minimum Gasteiger partial charge on any atom is -0.339 e. The lowest BCUT2D eigenvalue weighted by Gasteiger charge is -2.14. The van der Waals surface area contributed by atoms with E-state index in [-0.39, 0.29) is 23.2 Å². The Hall–Kier alpha value is -1.67. The molecule has 0 atom stereocenters. The number of hydrogen-bond donors (Lipinski definition) is 0. The quantitative estimate of drug-likeness (QED) is 0.771. The minimum atomic E-state index is -0.291. The number of amides is 1. The highest BCUT2D eigenvalue weighted by atomic mass is 35.5. The van der Waals surface area contributed by atoms with Crippen molar-refractivity contribution in [2.45, 2.75) is 6.42 Å². The molecule has 15 heavy (non-hydrogen) atoms. The third kappa shape index (κ3) is 3.18. The summed E-state index contributed by atoms with van der Waals surface area (Å²) in [5.41, 5.74) is 0.183. The lowest BCUT2D eigenvalue weighted by molar-refractivity contribution is 0.0792. The first-order valence-corrected chi connectivity index (χ1v) is 4.63. The van der Waals surface area contributed by atoms with Crippen LogP contribution in [0.4, 0.5) is 0 Å². The lowest BCUT2D eigenvalue weighted by atomic mass is 10.3. The van der Waals surface area contributed by atoms with E-state index < -0.39 is 0 Å². The highest BCUT2D eigenvalue weighted by Gasteiger charge is 2.13. The van der Waals surface area contributed by atoms with Crippen LogP contribution in [-0.4, -0.2) is 34.4 Å². The number of carbonyl (C=O) groups is 1. The van der Waals surface area contributed by atoms with E-state index in [1.807, 2.05) is 6.07 Å². The number of nitriles is 1. The molecule has 1 amide bonds. The van der Waals surface area contributed by atoms with Crippen molar-refractivity contribution in [1.29, 1.82) is 5.26 Å². The first kappa shape index (κ1) is 11.4. The summed E-state index contributed by atoms with van der Waals surface area (Å²) in [6.45, 7) is 0.365. The van der Waals surface area contributed by atoms with E-state index in [9.17, 15) is 4.79 Å². The zero-order valence-corrected chi connectivity index (χ0v) is 8.90. The minimum absolute atomic E-state index is 0.175. The summed E-state index contributed by atoms with van der Waals surface area (Å²) >= 11 is 5.60. The average Bonchev–Trinajstić information content (AvgIpc) is 2.24. The molecule has 1 aromatic rings. The summed E-state index contributed by atoms with van der Waals surface area (Å²) in [6.07, 6.45) is 2.99. The monoisotopic (exact) mass is 224 g/mol. The van der Waals surface area contributed by atoms with Crippen LogP contribution in [0.2, 0.25) is 5.15 Å². The predicted octanol–water partition coefficient (Wildman–Crippen LogP) is 1.12. The molecule has 0 bridgehead atoms. The van der Waals surface area contributed by atoms with Crippen molar-refractivity contribution < 1.29 is 4.79 Å². The summed E-state index contributed by atoms with van der Waals surface area (Å²) in [6, 6.07) is 1.96. The molecule has 1 heterocycles. The smallest absolute Gasteiger partial charge is 0.273 e. The van der Waals surface area contributed by atoms with Crippen molar-refractivity contribution in [1.82, 2.24) is 14.9 Å². The van der Waals surface area contributed by atoms with E-state index in [1.165, 1.54) is 17.3 Å². The van der Waals surface area contributed by atoms with Crippen molar-refractivity contribution >= 4 is 17.5 Å². The fourth-order valence-electron chi connectivity index (χ4n) is 0.960. The highest BCUT2D eigenvalue weighted by molar-refractivity contribution is 6.29. The summed E-state index contributed by atoms with van der Waals surface area (Å²) in [7, 11) is 1.60. The molecular formula is C9H9ClN4O. The second-order valence-corrected chi connectivity index (χ2v) is 3.25. The van der Waals surface area contributed by atoms with Crippen molar-refractivity contribution in [3.05, 3.63) is 23.2 Å². The van der Waals surface area contributed by atoms with E-state index in [1.54, 1.807) is 7.05 Å². The van der Waals surface area contributed by atoms with Gasteiger partial charge in [-0.2, -0.15) is 5.26 Å². The third-order valence-corrected chi connectivity index (χ3v) is 1.91. The molecule has 0 radical (unpaired) electrons. The van der Waals surface area contributed by atoms with Crippen LogP contribution in [0.15, 0.2) is 12.4 Å². The summed E-state index contributed by atoms with van der Waals surface area (Å²) < 4.78 is 0.